The average Bonchev–Trinajstić information content (AvgIpc) is 1.47. The molecule has 3 aromatic heterocycles. The Morgan fingerprint density at radius 3 is 1.43 bits per heavy atom. The number of rotatable bonds is 9. The van der Waals surface area contributed by atoms with Gasteiger partial charge in [-0.3, -0.25) is 0 Å². The highest BCUT2D eigenvalue weighted by molar-refractivity contribution is 7.00. The van der Waals surface area contributed by atoms with Gasteiger partial charge in [0.2, 0.25) is 0 Å². The van der Waals surface area contributed by atoms with E-state index in [9.17, 15) is 16.4 Å². The van der Waals surface area contributed by atoms with Gasteiger partial charge in [-0.05, 0) is 145 Å². The molecular formula is C94H65BN4O. The lowest BCUT2D eigenvalue weighted by Gasteiger charge is -2.45. The van der Waals surface area contributed by atoms with Gasteiger partial charge < -0.3 is 23.4 Å². The molecule has 0 unspecified atom stereocenters. The molecule has 0 bridgehead atoms. The molecule has 5 nitrogen and oxygen atoms in total. The van der Waals surface area contributed by atoms with Crippen molar-refractivity contribution < 1.29 is 29.1 Å². The first-order chi connectivity index (χ1) is 56.7. The highest BCUT2D eigenvalue weighted by Crippen LogP contribution is 2.54. The maximum absolute atomic E-state index is 10.1. The molecule has 5 heterocycles. The summed E-state index contributed by atoms with van der Waals surface area (Å²) in [5.74, 6) is 0. The maximum Gasteiger partial charge on any atom is 0.252 e. The number of hydrogen-bond donors (Lipinski definition) is 0. The van der Waals surface area contributed by atoms with Gasteiger partial charge in [-0.2, -0.15) is 0 Å². The summed E-state index contributed by atoms with van der Waals surface area (Å²) in [5, 5.41) is 3.21. The van der Waals surface area contributed by atoms with Gasteiger partial charge in [0.05, 0.1) is 63.8 Å². The Labute approximate surface area is 606 Å². The third-order valence-electron chi connectivity index (χ3n) is 20.0. The fourth-order valence-electron chi connectivity index (χ4n) is 15.6. The maximum atomic E-state index is 10.1. The van der Waals surface area contributed by atoms with Crippen LogP contribution in [0, 0.1) is 0 Å². The highest BCUT2D eigenvalue weighted by Gasteiger charge is 2.46. The molecule has 2 aliphatic rings. The van der Waals surface area contributed by atoms with Crippen LogP contribution in [0.1, 0.15) is 51.0 Å². The predicted molar refractivity (Wildman–Crippen MR) is 422 cm³/mol. The molecule has 0 saturated carbocycles. The van der Waals surface area contributed by atoms with E-state index < -0.39 is 121 Å². The quantitative estimate of drug-likeness (QED) is 0.135. The standard InChI is InChI=1S/C94H65BN4O/c1-94(2,3)67-56-77(62-31-13-6-14-32-62)91(78(57-67)63-33-15-7-16-34-63)99-87-54-65(61-29-11-5-12-30-61)49-52-80(87)95-79-51-48-64(60-27-9-4-10-28-60)53-86(79)98(88-58-69(59-89(99)90(88)95)97-82-44-23-19-37-71(82)72-38-20-24-45-83(72)97)84-46-26-42-76-75-41-25-40-70(92(75)100-93(76)84)66-47-50-74-73-39-21-22-43-81(73)96(85(74)55-66)68-35-17-8-18-36-68/h4-59H,1-3H3/i4D,5D,9D,10D,11D,12D,19D,20D,23D,24D,27D,28D,29D,30D,37D,38D,44D,45D. The van der Waals surface area contributed by atoms with Crippen molar-refractivity contribution in [2.24, 2.45) is 0 Å². The average molecular weight is 1300 g/mol. The van der Waals surface area contributed by atoms with Crippen LogP contribution in [-0.4, -0.2) is 15.8 Å². The predicted octanol–water partition coefficient (Wildman–Crippen LogP) is 23.5. The van der Waals surface area contributed by atoms with Gasteiger partial charge in [-0.15, -0.1) is 0 Å². The van der Waals surface area contributed by atoms with E-state index in [1.807, 2.05) is 163 Å². The summed E-state index contributed by atoms with van der Waals surface area (Å²) in [7, 11) is 0. The van der Waals surface area contributed by atoms with E-state index in [0.717, 1.165) is 71.8 Å². The summed E-state index contributed by atoms with van der Waals surface area (Å²) in [6.45, 7) is 5.50. The Balaban J connectivity index is 0.981. The van der Waals surface area contributed by atoms with Crippen LogP contribution >= 0.6 is 0 Å². The number of fused-ring (bicyclic) bond motifs is 13. The summed E-state index contributed by atoms with van der Waals surface area (Å²) in [6.07, 6.45) is 0. The van der Waals surface area contributed by atoms with E-state index in [4.69, 9.17) is 12.6 Å². The fourth-order valence-corrected chi connectivity index (χ4v) is 15.6. The Kier molecular flexibility index (Phi) is 9.47. The Bertz CT molecular complexity index is 7290. The zero-order chi connectivity index (χ0) is 82.0. The number of hydrogen-bond acceptors (Lipinski definition) is 3. The zero-order valence-electron chi connectivity index (χ0n) is 72.2. The highest BCUT2D eigenvalue weighted by atomic mass is 16.3. The lowest BCUT2D eigenvalue weighted by Crippen LogP contribution is -2.61. The van der Waals surface area contributed by atoms with Gasteiger partial charge in [-0.25, -0.2) is 0 Å². The SMILES string of the molecule is [2H]c1c([2H])c([2H])c(-c2ccc3c(c2)N(c2c(-c4ccccc4)cc(C(C)(C)C)cc2-c2ccccc2)c2cc(-n4c5c([2H])c([2H])c([2H])c([2H])c5c5c([2H])c([2H])c([2H])c([2H])c54)cc4c2B3c2ccc(-c3c([2H])c([2H])c([2H])c([2H])c3[2H])cc2N4c2cccc3c2oc2c(-c4ccc5c6ccccc6n(-c6ccccc6)c5c4)cccc23)c([2H])c1[2H]. The minimum absolute atomic E-state index is 0.0892. The van der Waals surface area contributed by atoms with Crippen molar-refractivity contribution in [2.75, 3.05) is 9.80 Å². The summed E-state index contributed by atoms with van der Waals surface area (Å²) in [4.78, 5) is 4.11. The van der Waals surface area contributed by atoms with E-state index in [1.165, 1.54) is 4.57 Å². The molecule has 0 fully saturated rings. The first-order valence-electron chi connectivity index (χ1n) is 42.3. The molecule has 0 N–H and O–H groups in total. The molecular weight excluding hydrogens is 1210 g/mol. The van der Waals surface area contributed by atoms with Gasteiger partial charge in [0.15, 0.2) is 5.58 Å². The van der Waals surface area contributed by atoms with Crippen LogP contribution < -0.4 is 26.2 Å². The van der Waals surface area contributed by atoms with E-state index in [2.05, 4.69) is 84.8 Å². The summed E-state index contributed by atoms with van der Waals surface area (Å²) >= 11 is 0. The second-order valence-corrected chi connectivity index (χ2v) is 26.6. The van der Waals surface area contributed by atoms with Crippen molar-refractivity contribution in [3.63, 3.8) is 0 Å². The van der Waals surface area contributed by atoms with Crippen molar-refractivity contribution in [3.8, 4) is 67.0 Å². The Morgan fingerprint density at radius 2 is 0.810 bits per heavy atom. The molecule has 0 atom stereocenters. The zero-order valence-corrected chi connectivity index (χ0v) is 54.2. The van der Waals surface area contributed by atoms with Crippen molar-refractivity contribution in [1.82, 2.24) is 9.13 Å². The van der Waals surface area contributed by atoms with Gasteiger partial charge in [0.25, 0.3) is 6.71 Å². The normalized spacial score (nSPS) is 15.2. The van der Waals surface area contributed by atoms with Gasteiger partial charge in [0.1, 0.15) is 5.58 Å². The van der Waals surface area contributed by atoms with Crippen LogP contribution in [0.2, 0.25) is 0 Å². The molecule has 0 radical (unpaired) electrons. The van der Waals surface area contributed by atoms with Crippen LogP contribution in [0.5, 0.6) is 0 Å². The summed E-state index contributed by atoms with van der Waals surface area (Å²) in [5.41, 5.74) is 13.6. The van der Waals surface area contributed by atoms with Crippen molar-refractivity contribution in [3.05, 3.63) is 345 Å². The smallest absolute Gasteiger partial charge is 0.252 e. The number of benzene rings is 15. The summed E-state index contributed by atoms with van der Waals surface area (Å²) < 4.78 is 181. The second-order valence-electron chi connectivity index (χ2n) is 26.6. The van der Waals surface area contributed by atoms with Crippen LogP contribution in [0.15, 0.2) is 344 Å². The topological polar surface area (TPSA) is 29.5 Å². The first-order valence-corrected chi connectivity index (χ1v) is 33.3. The van der Waals surface area contributed by atoms with Crippen LogP contribution in [0.3, 0.4) is 0 Å². The monoisotopic (exact) mass is 1290 g/mol. The van der Waals surface area contributed by atoms with Gasteiger partial charge >= 0.3 is 0 Å². The molecule has 20 rings (SSSR count). The molecule has 0 aliphatic carbocycles. The molecule has 2 aliphatic heterocycles. The molecule has 0 spiro atoms. The van der Waals surface area contributed by atoms with E-state index in [1.54, 1.807) is 18.2 Å². The molecule has 18 aromatic rings. The molecule has 0 amide bonds. The molecule has 470 valence electrons. The number of anilines is 6. The second kappa shape index (κ2) is 22.5. The van der Waals surface area contributed by atoms with Crippen LogP contribution in [-0.2, 0) is 5.41 Å². The van der Waals surface area contributed by atoms with Crippen molar-refractivity contribution in [2.45, 2.75) is 26.2 Å². The minimum Gasteiger partial charge on any atom is -0.453 e. The Hall–Kier alpha value is -12.6. The van der Waals surface area contributed by atoms with Gasteiger partial charge in [-0.1, -0.05) is 281 Å². The Morgan fingerprint density at radius 1 is 0.310 bits per heavy atom. The summed E-state index contributed by atoms with van der Waals surface area (Å²) in [6, 6.07) is 65.4. The minimum atomic E-state index is -0.912. The fraction of sp³-hybridized carbons (Fsp3) is 0.0426. The van der Waals surface area contributed by atoms with Crippen LogP contribution in [0.25, 0.3) is 133 Å². The van der Waals surface area contributed by atoms with Crippen molar-refractivity contribution >= 4 is 123 Å². The lowest BCUT2D eigenvalue weighted by molar-refractivity contribution is 0.591. The number of nitrogens with zero attached hydrogens (tertiary/aromatic N) is 4. The van der Waals surface area contributed by atoms with E-state index in [-0.39, 0.29) is 49.7 Å². The van der Waals surface area contributed by atoms with Crippen LogP contribution in [0.4, 0.5) is 34.1 Å². The van der Waals surface area contributed by atoms with Crippen molar-refractivity contribution in [1.29, 1.82) is 0 Å². The number of furan rings is 1. The van der Waals surface area contributed by atoms with E-state index in [0.29, 0.717) is 67.1 Å². The molecule has 100 heavy (non-hydrogen) atoms. The lowest BCUT2D eigenvalue weighted by atomic mass is 9.33. The molecule has 15 aromatic carbocycles. The van der Waals surface area contributed by atoms with E-state index >= 15 is 0 Å². The molecule has 0 saturated heterocycles. The number of aromatic nitrogens is 2. The first kappa shape index (κ1) is 42.1. The third kappa shape index (κ3) is 8.89. The largest absolute Gasteiger partial charge is 0.453 e. The number of para-hydroxylation sites is 6. The third-order valence-corrected chi connectivity index (χ3v) is 20.0. The van der Waals surface area contributed by atoms with Gasteiger partial charge in [0, 0.05) is 77.4 Å². The molecule has 6 heteroatoms.